The summed E-state index contributed by atoms with van der Waals surface area (Å²) in [6.07, 6.45) is 1.47. The quantitative estimate of drug-likeness (QED) is 0.312. The second kappa shape index (κ2) is 7.13. The number of nitrogens with one attached hydrogen (secondary N) is 2. The number of fused-ring (bicyclic) bond motifs is 6. The number of hydrogen-bond acceptors (Lipinski definition) is 5. The summed E-state index contributed by atoms with van der Waals surface area (Å²) in [5.41, 5.74) is 0.616. The number of H-pyrrole nitrogens is 1. The molecule has 35 heavy (non-hydrogen) atoms. The molecule has 7 nitrogen and oxygen atoms in total. The molecule has 0 saturated carbocycles. The lowest BCUT2D eigenvalue weighted by atomic mass is 9.82. The molecule has 0 fully saturated rings. The second-order valence-corrected chi connectivity index (χ2v) is 9.31. The Hall–Kier alpha value is -4.23. The molecule has 2 unspecified atom stereocenters. The third-order valence-electron chi connectivity index (χ3n) is 7.06. The number of amides is 1. The fourth-order valence-electron chi connectivity index (χ4n) is 5.24. The first-order valence-electron chi connectivity index (χ1n) is 11.4. The molecule has 1 aliphatic carbocycles. The molecule has 3 N–H and O–H groups in total. The van der Waals surface area contributed by atoms with Crippen molar-refractivity contribution >= 4 is 28.4 Å². The number of ether oxygens (including phenoxy) is 1. The van der Waals surface area contributed by atoms with Crippen LogP contribution in [0.2, 0.25) is 0 Å². The van der Waals surface area contributed by atoms with Gasteiger partial charge in [0.05, 0.1) is 5.56 Å². The van der Waals surface area contributed by atoms with Crippen LogP contribution in [0.25, 0.3) is 10.9 Å². The highest BCUT2D eigenvalue weighted by Crippen LogP contribution is 2.58. The summed E-state index contributed by atoms with van der Waals surface area (Å²) < 4.78 is 6.05. The van der Waals surface area contributed by atoms with E-state index in [1.807, 2.05) is 26.0 Å². The normalized spacial score (nSPS) is 22.0. The predicted octanol–water partition coefficient (Wildman–Crippen LogP) is 3.92. The minimum absolute atomic E-state index is 0.176. The van der Waals surface area contributed by atoms with E-state index in [4.69, 9.17) is 4.74 Å². The molecule has 2 heterocycles. The molecular formula is C28H22N2O5. The summed E-state index contributed by atoms with van der Waals surface area (Å²) in [6, 6.07) is 18.9. The van der Waals surface area contributed by atoms with Gasteiger partial charge in [-0.05, 0) is 23.6 Å². The van der Waals surface area contributed by atoms with Crippen molar-refractivity contribution < 1.29 is 24.2 Å². The largest absolute Gasteiger partial charge is 0.454 e. The maximum Gasteiger partial charge on any atom is 0.293 e. The first-order valence-corrected chi connectivity index (χ1v) is 11.4. The summed E-state index contributed by atoms with van der Waals surface area (Å²) in [5.74, 6) is -4.10. The number of hydrogen-bond donors (Lipinski definition) is 3. The lowest BCUT2D eigenvalue weighted by Gasteiger charge is -2.34. The maximum atomic E-state index is 13.9. The molecule has 1 aliphatic heterocycles. The monoisotopic (exact) mass is 466 g/mol. The number of para-hydroxylation sites is 1. The van der Waals surface area contributed by atoms with Gasteiger partial charge >= 0.3 is 0 Å². The van der Waals surface area contributed by atoms with Crippen LogP contribution >= 0.6 is 0 Å². The van der Waals surface area contributed by atoms with Gasteiger partial charge in [-0.1, -0.05) is 68.4 Å². The van der Waals surface area contributed by atoms with Crippen LogP contribution in [0.3, 0.4) is 0 Å². The van der Waals surface area contributed by atoms with Crippen molar-refractivity contribution in [3.63, 3.8) is 0 Å². The Kier molecular flexibility index (Phi) is 4.34. The van der Waals surface area contributed by atoms with E-state index < -0.39 is 28.8 Å². The van der Waals surface area contributed by atoms with Gasteiger partial charge in [-0.15, -0.1) is 0 Å². The Labute approximate surface area is 200 Å². The third kappa shape index (κ3) is 2.67. The van der Waals surface area contributed by atoms with E-state index in [0.717, 1.165) is 5.56 Å². The van der Waals surface area contributed by atoms with Crippen LogP contribution in [-0.4, -0.2) is 27.6 Å². The van der Waals surface area contributed by atoms with Crippen molar-refractivity contribution in [3.05, 3.63) is 101 Å². The number of Topliss-reactive ketones (excluding diaryl/α,β-unsaturated/α-hetero) is 2. The van der Waals surface area contributed by atoms with E-state index in [1.54, 1.807) is 54.6 Å². The van der Waals surface area contributed by atoms with E-state index in [1.165, 1.54) is 6.20 Å². The van der Waals surface area contributed by atoms with Crippen LogP contribution in [0.15, 0.2) is 72.9 Å². The van der Waals surface area contributed by atoms with E-state index >= 15 is 0 Å². The molecular weight excluding hydrogens is 444 g/mol. The van der Waals surface area contributed by atoms with Gasteiger partial charge in [0.1, 0.15) is 5.75 Å². The fraction of sp³-hybridized carbons (Fsp3) is 0.179. The summed E-state index contributed by atoms with van der Waals surface area (Å²) >= 11 is 0. The van der Waals surface area contributed by atoms with Crippen LogP contribution in [0.4, 0.5) is 0 Å². The van der Waals surface area contributed by atoms with Crippen molar-refractivity contribution in [2.24, 2.45) is 0 Å². The minimum atomic E-state index is -2.20. The van der Waals surface area contributed by atoms with Crippen molar-refractivity contribution in [2.45, 2.75) is 31.1 Å². The van der Waals surface area contributed by atoms with Gasteiger partial charge in [-0.3, -0.25) is 14.4 Å². The number of ketones is 2. The van der Waals surface area contributed by atoms with Crippen molar-refractivity contribution in [3.8, 4) is 5.75 Å². The number of rotatable bonds is 4. The Morgan fingerprint density at radius 3 is 2.54 bits per heavy atom. The highest BCUT2D eigenvalue weighted by atomic mass is 16.6. The SMILES string of the molecule is CC(C)c1ccc2c(c1)OC1(O)c3ccccc3C(=O)C21NC(=O)C(=O)c1c[nH]c2ccccc12. The maximum absolute atomic E-state index is 13.9. The zero-order chi connectivity index (χ0) is 24.5. The van der Waals surface area contributed by atoms with E-state index in [-0.39, 0.29) is 22.6 Å². The smallest absolute Gasteiger partial charge is 0.293 e. The highest BCUT2D eigenvalue weighted by Gasteiger charge is 2.71. The zero-order valence-electron chi connectivity index (χ0n) is 19.1. The lowest BCUT2D eigenvalue weighted by molar-refractivity contribution is -0.174. The average molecular weight is 466 g/mol. The van der Waals surface area contributed by atoms with Crippen LogP contribution in [-0.2, 0) is 16.1 Å². The second-order valence-electron chi connectivity index (χ2n) is 9.31. The van der Waals surface area contributed by atoms with Crippen LogP contribution in [0.1, 0.15) is 57.2 Å². The lowest BCUT2D eigenvalue weighted by Crippen LogP contribution is -2.61. The Morgan fingerprint density at radius 2 is 1.74 bits per heavy atom. The van der Waals surface area contributed by atoms with Crippen LogP contribution < -0.4 is 10.1 Å². The predicted molar refractivity (Wildman–Crippen MR) is 128 cm³/mol. The van der Waals surface area contributed by atoms with E-state index in [2.05, 4.69) is 10.3 Å². The van der Waals surface area contributed by atoms with Crippen molar-refractivity contribution in [1.82, 2.24) is 10.3 Å². The molecule has 4 aromatic rings. The summed E-state index contributed by atoms with van der Waals surface area (Å²) in [7, 11) is 0. The average Bonchev–Trinajstić information content (AvgIpc) is 3.45. The molecule has 0 spiro atoms. The molecule has 174 valence electrons. The Balaban J connectivity index is 1.49. The van der Waals surface area contributed by atoms with E-state index in [0.29, 0.717) is 22.2 Å². The molecule has 1 amide bonds. The standard InChI is InChI=1S/C28H22N2O5/c1-15(2)16-11-12-21-23(13-16)35-28(34)20-9-5-3-8-18(20)25(32)27(21,28)30-26(33)24(31)19-14-29-22-10-6-4-7-17(19)22/h3-15,29,34H,1-2H3,(H,30,33). The minimum Gasteiger partial charge on any atom is -0.454 e. The van der Waals surface area contributed by atoms with Crippen molar-refractivity contribution in [2.75, 3.05) is 0 Å². The zero-order valence-corrected chi connectivity index (χ0v) is 19.1. The number of aliphatic hydroxyl groups is 1. The molecule has 2 atom stereocenters. The highest BCUT2D eigenvalue weighted by molar-refractivity contribution is 6.45. The van der Waals surface area contributed by atoms with Crippen LogP contribution in [0, 0.1) is 0 Å². The first-order chi connectivity index (χ1) is 16.8. The molecule has 2 aliphatic rings. The number of carbonyl (C=O) groups excluding carboxylic acids is 3. The van der Waals surface area contributed by atoms with Crippen molar-refractivity contribution in [1.29, 1.82) is 0 Å². The topological polar surface area (TPSA) is 108 Å². The van der Waals surface area contributed by atoms with Gasteiger partial charge in [0.25, 0.3) is 17.5 Å². The van der Waals surface area contributed by atoms with E-state index in [9.17, 15) is 19.5 Å². The molecule has 7 heteroatoms. The van der Waals surface area contributed by atoms with Gasteiger partial charge in [-0.25, -0.2) is 0 Å². The Bertz CT molecular complexity index is 1570. The van der Waals surface area contributed by atoms with Gasteiger partial charge < -0.3 is 20.1 Å². The Morgan fingerprint density at radius 1 is 1.00 bits per heavy atom. The van der Waals surface area contributed by atoms with Gasteiger partial charge in [0, 0.05) is 33.8 Å². The van der Waals surface area contributed by atoms with Gasteiger partial charge in [0.15, 0.2) is 0 Å². The first kappa shape index (κ1) is 21.3. The molecule has 0 bridgehead atoms. The van der Waals surface area contributed by atoms with Gasteiger partial charge in [0.2, 0.25) is 11.3 Å². The molecule has 3 aromatic carbocycles. The number of aromatic nitrogens is 1. The summed E-state index contributed by atoms with van der Waals surface area (Å²) in [6.45, 7) is 4.04. The number of aromatic amines is 1. The number of carbonyl (C=O) groups is 3. The fourth-order valence-corrected chi connectivity index (χ4v) is 5.24. The van der Waals surface area contributed by atoms with Crippen LogP contribution in [0.5, 0.6) is 5.75 Å². The molecule has 1 aromatic heterocycles. The molecule has 0 radical (unpaired) electrons. The molecule has 0 saturated heterocycles. The summed E-state index contributed by atoms with van der Waals surface area (Å²) in [5, 5.41) is 15.1. The summed E-state index contributed by atoms with van der Waals surface area (Å²) in [4.78, 5) is 43.5. The van der Waals surface area contributed by atoms with Gasteiger partial charge in [-0.2, -0.15) is 0 Å². The number of benzene rings is 3. The third-order valence-corrected chi connectivity index (χ3v) is 7.06. The molecule has 6 rings (SSSR count).